The summed E-state index contributed by atoms with van der Waals surface area (Å²) >= 11 is 0. The van der Waals surface area contributed by atoms with Gasteiger partial charge in [0.25, 0.3) is 0 Å². The van der Waals surface area contributed by atoms with Crippen molar-refractivity contribution in [1.82, 2.24) is 0 Å². The first-order chi connectivity index (χ1) is 15.2. The van der Waals surface area contributed by atoms with Crippen LogP contribution in [0.3, 0.4) is 0 Å². The molecule has 1 nitrogen and oxygen atoms in total. The van der Waals surface area contributed by atoms with E-state index in [1.165, 1.54) is 0 Å². The Labute approximate surface area is 184 Å². The number of hydrogen-bond acceptors (Lipinski definition) is 1. The van der Waals surface area contributed by atoms with E-state index in [0.29, 0.717) is 0 Å². The van der Waals surface area contributed by atoms with Crippen molar-refractivity contribution >= 4 is 16.9 Å². The van der Waals surface area contributed by atoms with Gasteiger partial charge in [-0.1, -0.05) is 121 Å². The second kappa shape index (κ2) is 9.71. The Bertz CT molecular complexity index is 1160. The van der Waals surface area contributed by atoms with Gasteiger partial charge in [0.1, 0.15) is 5.78 Å². The second-order valence-electron chi connectivity index (χ2n) is 7.47. The van der Waals surface area contributed by atoms with E-state index in [1.54, 1.807) is 6.92 Å². The van der Waals surface area contributed by atoms with Crippen LogP contribution in [0.2, 0.25) is 0 Å². The minimum Gasteiger partial charge on any atom is -0.299 e. The standard InChI is InChI=1S/C30H24O/c1-23(31)30(27-20-12-5-13-21-27)29(26-18-10-4-11-19-26)22-28(24-14-6-2-7-15-24)25-16-8-3-9-17-25/h2-21,30H,1H3. The molecule has 0 spiro atoms. The van der Waals surface area contributed by atoms with Crippen LogP contribution < -0.4 is 0 Å². The summed E-state index contributed by atoms with van der Waals surface area (Å²) in [6.07, 6.45) is 0. The molecule has 0 bridgehead atoms. The van der Waals surface area contributed by atoms with Crippen LogP contribution in [-0.4, -0.2) is 5.78 Å². The molecule has 0 aliphatic rings. The summed E-state index contributed by atoms with van der Waals surface area (Å²) in [5, 5.41) is 0. The number of ketones is 1. The Morgan fingerprint density at radius 1 is 0.581 bits per heavy atom. The summed E-state index contributed by atoms with van der Waals surface area (Å²) in [5.74, 6) is -0.302. The third kappa shape index (κ3) is 4.80. The first-order valence-corrected chi connectivity index (χ1v) is 10.5. The molecule has 1 heteroatoms. The zero-order valence-electron chi connectivity index (χ0n) is 17.5. The minimum atomic E-state index is -0.397. The van der Waals surface area contributed by atoms with Gasteiger partial charge in [-0.05, 0) is 29.2 Å². The SMILES string of the molecule is CC(=O)C(C(=C=C(c1ccccc1)c1ccccc1)c1ccccc1)c1ccccc1. The lowest BCUT2D eigenvalue weighted by Crippen LogP contribution is -2.11. The van der Waals surface area contributed by atoms with Crippen molar-refractivity contribution in [2.24, 2.45) is 0 Å². The Hall–Kier alpha value is -3.93. The fraction of sp³-hybridized carbons (Fsp3) is 0.0667. The van der Waals surface area contributed by atoms with Crippen molar-refractivity contribution in [3.8, 4) is 0 Å². The van der Waals surface area contributed by atoms with Crippen LogP contribution in [0, 0.1) is 0 Å². The molecule has 0 aliphatic carbocycles. The van der Waals surface area contributed by atoms with Gasteiger partial charge in [-0.15, -0.1) is 5.73 Å². The van der Waals surface area contributed by atoms with E-state index in [-0.39, 0.29) is 5.78 Å². The molecule has 0 fully saturated rings. The summed E-state index contributed by atoms with van der Waals surface area (Å²) in [6, 6.07) is 40.5. The van der Waals surface area contributed by atoms with Gasteiger partial charge < -0.3 is 0 Å². The maximum atomic E-state index is 12.9. The van der Waals surface area contributed by atoms with Crippen LogP contribution in [0.5, 0.6) is 0 Å². The molecule has 4 rings (SSSR count). The number of Topliss-reactive ketones (excluding diaryl/α,β-unsaturated/α-hetero) is 1. The smallest absolute Gasteiger partial charge is 0.142 e. The highest BCUT2D eigenvalue weighted by molar-refractivity contribution is 5.99. The van der Waals surface area contributed by atoms with E-state index < -0.39 is 5.92 Å². The molecular weight excluding hydrogens is 376 g/mol. The number of allylic oxidation sites excluding steroid dienone is 1. The number of carbonyl (C=O) groups excluding carboxylic acids is 1. The third-order valence-electron chi connectivity index (χ3n) is 5.30. The summed E-state index contributed by atoms with van der Waals surface area (Å²) in [6.45, 7) is 1.66. The van der Waals surface area contributed by atoms with Crippen LogP contribution in [0.1, 0.15) is 35.1 Å². The normalized spacial score (nSPS) is 11.3. The molecule has 0 N–H and O–H groups in total. The fourth-order valence-corrected chi connectivity index (χ4v) is 3.83. The summed E-state index contributed by atoms with van der Waals surface area (Å²) in [4.78, 5) is 12.9. The molecule has 1 unspecified atom stereocenters. The summed E-state index contributed by atoms with van der Waals surface area (Å²) in [5.41, 5.74) is 9.65. The highest BCUT2D eigenvalue weighted by atomic mass is 16.1. The zero-order valence-corrected chi connectivity index (χ0v) is 17.5. The number of hydrogen-bond donors (Lipinski definition) is 0. The molecule has 0 aliphatic heterocycles. The maximum Gasteiger partial charge on any atom is 0.142 e. The average molecular weight is 401 g/mol. The lowest BCUT2D eigenvalue weighted by Gasteiger charge is -2.18. The van der Waals surface area contributed by atoms with E-state index in [1.807, 2.05) is 84.9 Å². The van der Waals surface area contributed by atoms with E-state index in [2.05, 4.69) is 42.1 Å². The van der Waals surface area contributed by atoms with Crippen molar-refractivity contribution in [2.45, 2.75) is 12.8 Å². The lowest BCUT2D eigenvalue weighted by molar-refractivity contribution is -0.117. The van der Waals surface area contributed by atoms with Crippen LogP contribution in [0.15, 0.2) is 127 Å². The third-order valence-corrected chi connectivity index (χ3v) is 5.30. The highest BCUT2D eigenvalue weighted by Gasteiger charge is 2.23. The predicted molar refractivity (Wildman–Crippen MR) is 129 cm³/mol. The molecule has 0 heterocycles. The van der Waals surface area contributed by atoms with Crippen molar-refractivity contribution in [2.75, 3.05) is 0 Å². The first-order valence-electron chi connectivity index (χ1n) is 10.5. The molecule has 1 atom stereocenters. The maximum absolute atomic E-state index is 12.9. The van der Waals surface area contributed by atoms with Crippen LogP contribution in [-0.2, 0) is 4.79 Å². The summed E-state index contributed by atoms with van der Waals surface area (Å²) < 4.78 is 0. The van der Waals surface area contributed by atoms with Crippen LogP contribution in [0.25, 0.3) is 11.1 Å². The molecule has 0 saturated heterocycles. The molecule has 0 aromatic heterocycles. The van der Waals surface area contributed by atoms with Crippen molar-refractivity contribution in [3.05, 3.63) is 149 Å². The highest BCUT2D eigenvalue weighted by Crippen LogP contribution is 2.34. The molecule has 0 amide bonds. The quantitative estimate of drug-likeness (QED) is 0.313. The van der Waals surface area contributed by atoms with E-state index >= 15 is 0 Å². The van der Waals surface area contributed by atoms with Gasteiger partial charge in [-0.2, -0.15) is 0 Å². The largest absolute Gasteiger partial charge is 0.299 e. The predicted octanol–water partition coefficient (Wildman–Crippen LogP) is 7.17. The molecule has 0 saturated carbocycles. The minimum absolute atomic E-state index is 0.0954. The number of rotatable bonds is 6. The van der Waals surface area contributed by atoms with Crippen molar-refractivity contribution in [3.63, 3.8) is 0 Å². The summed E-state index contributed by atoms with van der Waals surface area (Å²) in [7, 11) is 0. The van der Waals surface area contributed by atoms with Gasteiger partial charge in [-0.3, -0.25) is 4.79 Å². The molecule has 4 aromatic carbocycles. The first kappa shape index (κ1) is 20.3. The van der Waals surface area contributed by atoms with Gasteiger partial charge in [0.2, 0.25) is 0 Å². The Morgan fingerprint density at radius 3 is 1.39 bits per heavy atom. The molecule has 150 valence electrons. The fourth-order valence-electron chi connectivity index (χ4n) is 3.83. The second-order valence-corrected chi connectivity index (χ2v) is 7.47. The monoisotopic (exact) mass is 400 g/mol. The Kier molecular flexibility index (Phi) is 6.38. The number of benzene rings is 4. The van der Waals surface area contributed by atoms with E-state index in [0.717, 1.165) is 33.4 Å². The van der Waals surface area contributed by atoms with Gasteiger partial charge in [0, 0.05) is 11.1 Å². The average Bonchev–Trinajstić information content (AvgIpc) is 2.83. The van der Waals surface area contributed by atoms with Crippen molar-refractivity contribution in [1.29, 1.82) is 0 Å². The van der Waals surface area contributed by atoms with Gasteiger partial charge in [-0.25, -0.2) is 0 Å². The van der Waals surface area contributed by atoms with Crippen LogP contribution in [0.4, 0.5) is 0 Å². The number of carbonyl (C=O) groups is 1. The Balaban J connectivity index is 2.07. The molecular formula is C30H24O. The van der Waals surface area contributed by atoms with Crippen molar-refractivity contribution < 1.29 is 4.79 Å². The van der Waals surface area contributed by atoms with E-state index in [9.17, 15) is 4.79 Å². The van der Waals surface area contributed by atoms with Gasteiger partial charge in [0.05, 0.1) is 5.92 Å². The topological polar surface area (TPSA) is 17.1 Å². The van der Waals surface area contributed by atoms with Gasteiger partial charge >= 0.3 is 0 Å². The van der Waals surface area contributed by atoms with Crippen LogP contribution >= 0.6 is 0 Å². The molecule has 31 heavy (non-hydrogen) atoms. The molecule has 0 radical (unpaired) electrons. The van der Waals surface area contributed by atoms with E-state index in [4.69, 9.17) is 0 Å². The zero-order chi connectivity index (χ0) is 21.5. The van der Waals surface area contributed by atoms with Gasteiger partial charge in [0.15, 0.2) is 0 Å². The lowest BCUT2D eigenvalue weighted by atomic mass is 9.83. The Morgan fingerprint density at radius 2 is 0.968 bits per heavy atom. The molecule has 4 aromatic rings.